The maximum absolute atomic E-state index is 5.65. The van der Waals surface area contributed by atoms with Crippen LogP contribution in [0.4, 0.5) is 0 Å². The Balaban J connectivity index is 0.000000980. The molecule has 0 aromatic heterocycles. The lowest BCUT2D eigenvalue weighted by molar-refractivity contribution is 0.220. The fraction of sp³-hybridized carbons (Fsp3) is 0.455. The van der Waals surface area contributed by atoms with Crippen molar-refractivity contribution in [2.24, 2.45) is 5.92 Å². The number of nitrogens with one attached hydrogen (secondary N) is 1. The van der Waals surface area contributed by atoms with Crippen molar-refractivity contribution in [2.75, 3.05) is 20.2 Å². The molecule has 2 rings (SSSR count). The van der Waals surface area contributed by atoms with Crippen LogP contribution in [0.15, 0.2) is 24.3 Å². The molecular weight excluding hydrogens is 198 g/mol. The van der Waals surface area contributed by atoms with Crippen molar-refractivity contribution in [3.8, 4) is 5.75 Å². The second-order valence-corrected chi connectivity index (χ2v) is 3.55. The van der Waals surface area contributed by atoms with Crippen molar-refractivity contribution in [3.05, 3.63) is 29.8 Å². The molecule has 1 aromatic carbocycles. The van der Waals surface area contributed by atoms with E-state index in [9.17, 15) is 0 Å². The van der Waals surface area contributed by atoms with Crippen molar-refractivity contribution in [1.29, 1.82) is 0 Å². The molecule has 1 N–H and O–H groups in total. The average molecular weight is 214 g/mol. The van der Waals surface area contributed by atoms with Gasteiger partial charge in [0.2, 0.25) is 0 Å². The maximum Gasteiger partial charge on any atom is 0.122 e. The van der Waals surface area contributed by atoms with Gasteiger partial charge in [-0.25, -0.2) is 0 Å². The highest BCUT2D eigenvalue weighted by molar-refractivity contribution is 5.85. The molecule has 0 saturated heterocycles. The number of rotatable bonds is 2. The summed E-state index contributed by atoms with van der Waals surface area (Å²) in [6, 6.07) is 8.29. The van der Waals surface area contributed by atoms with Crippen molar-refractivity contribution in [3.63, 3.8) is 0 Å². The summed E-state index contributed by atoms with van der Waals surface area (Å²) in [4.78, 5) is 0. The first-order chi connectivity index (χ1) is 6.40. The molecule has 1 aliphatic rings. The molecule has 14 heavy (non-hydrogen) atoms. The fourth-order valence-corrected chi connectivity index (χ4v) is 1.81. The quantitative estimate of drug-likeness (QED) is 0.810. The second kappa shape index (κ2) is 5.23. The number of hydrogen-bond acceptors (Lipinski definition) is 2. The van der Waals surface area contributed by atoms with E-state index >= 15 is 0 Å². The average Bonchev–Trinajstić information content (AvgIpc) is 2.18. The van der Waals surface area contributed by atoms with Crippen molar-refractivity contribution >= 4 is 12.4 Å². The number of hydrogen-bond donors (Lipinski definition) is 1. The monoisotopic (exact) mass is 213 g/mol. The predicted octanol–water partition coefficient (Wildman–Crippen LogP) is 1.88. The summed E-state index contributed by atoms with van der Waals surface area (Å²) in [7, 11) is 1.99. The lowest BCUT2D eigenvalue weighted by Gasteiger charge is -2.24. The molecule has 0 amide bonds. The molecule has 0 fully saturated rings. The number of benzene rings is 1. The van der Waals surface area contributed by atoms with Gasteiger partial charge in [-0.15, -0.1) is 12.4 Å². The van der Waals surface area contributed by atoms with Crippen molar-refractivity contribution < 1.29 is 4.74 Å². The van der Waals surface area contributed by atoms with E-state index in [0.29, 0.717) is 5.92 Å². The molecule has 1 unspecified atom stereocenters. The van der Waals surface area contributed by atoms with Crippen LogP contribution in [0.25, 0.3) is 0 Å². The molecule has 2 nitrogen and oxygen atoms in total. The first-order valence-corrected chi connectivity index (χ1v) is 4.75. The van der Waals surface area contributed by atoms with Crippen molar-refractivity contribution in [2.45, 2.75) is 6.42 Å². The van der Waals surface area contributed by atoms with Crippen LogP contribution < -0.4 is 10.1 Å². The number of fused-ring (bicyclic) bond motifs is 1. The zero-order chi connectivity index (χ0) is 9.10. The normalized spacial score (nSPS) is 19.1. The van der Waals surface area contributed by atoms with Crippen LogP contribution in [-0.2, 0) is 6.42 Å². The molecule has 3 heteroatoms. The van der Waals surface area contributed by atoms with Gasteiger partial charge >= 0.3 is 0 Å². The lowest BCUT2D eigenvalue weighted by atomic mass is 9.97. The van der Waals surface area contributed by atoms with Crippen LogP contribution in [0, 0.1) is 5.92 Å². The standard InChI is InChI=1S/C11H15NO.ClH/c1-12-7-9-6-10-4-2-3-5-11(10)13-8-9;/h2-5,9,12H,6-8H2,1H3;1H. The van der Waals surface area contributed by atoms with E-state index in [-0.39, 0.29) is 12.4 Å². The Morgan fingerprint density at radius 3 is 3.00 bits per heavy atom. The fourth-order valence-electron chi connectivity index (χ4n) is 1.81. The topological polar surface area (TPSA) is 21.3 Å². The summed E-state index contributed by atoms with van der Waals surface area (Å²) >= 11 is 0. The minimum absolute atomic E-state index is 0. The zero-order valence-electron chi connectivity index (χ0n) is 8.32. The maximum atomic E-state index is 5.65. The Bertz CT molecular complexity index is 290. The smallest absolute Gasteiger partial charge is 0.122 e. The molecule has 1 aromatic rings. The first-order valence-electron chi connectivity index (χ1n) is 4.75. The van der Waals surface area contributed by atoms with Gasteiger partial charge in [0.15, 0.2) is 0 Å². The molecule has 0 aliphatic carbocycles. The largest absolute Gasteiger partial charge is 0.493 e. The van der Waals surface area contributed by atoms with Gasteiger partial charge in [0.1, 0.15) is 5.75 Å². The Morgan fingerprint density at radius 1 is 1.43 bits per heavy atom. The van der Waals surface area contributed by atoms with E-state index in [1.807, 2.05) is 19.2 Å². The second-order valence-electron chi connectivity index (χ2n) is 3.55. The van der Waals surface area contributed by atoms with E-state index in [2.05, 4.69) is 17.4 Å². The van der Waals surface area contributed by atoms with Gasteiger partial charge in [0.25, 0.3) is 0 Å². The van der Waals surface area contributed by atoms with E-state index < -0.39 is 0 Å². The molecule has 0 spiro atoms. The van der Waals surface area contributed by atoms with Crippen LogP contribution in [-0.4, -0.2) is 20.2 Å². The Kier molecular flexibility index (Phi) is 4.23. The van der Waals surface area contributed by atoms with Crippen LogP contribution >= 0.6 is 12.4 Å². The molecule has 0 bridgehead atoms. The van der Waals surface area contributed by atoms with Gasteiger partial charge in [0.05, 0.1) is 6.61 Å². The minimum Gasteiger partial charge on any atom is -0.493 e. The predicted molar refractivity (Wildman–Crippen MR) is 60.3 cm³/mol. The number of halogens is 1. The summed E-state index contributed by atoms with van der Waals surface area (Å²) < 4.78 is 5.65. The summed E-state index contributed by atoms with van der Waals surface area (Å²) in [6.45, 7) is 1.88. The van der Waals surface area contributed by atoms with Gasteiger partial charge in [-0.05, 0) is 25.1 Å². The zero-order valence-corrected chi connectivity index (χ0v) is 9.14. The van der Waals surface area contributed by atoms with Gasteiger partial charge in [-0.3, -0.25) is 0 Å². The first kappa shape index (κ1) is 11.3. The van der Waals surface area contributed by atoms with Crippen LogP contribution in [0.1, 0.15) is 5.56 Å². The van der Waals surface area contributed by atoms with Crippen LogP contribution in [0.2, 0.25) is 0 Å². The molecule has 0 saturated carbocycles. The lowest BCUT2D eigenvalue weighted by Crippen LogP contribution is -2.29. The highest BCUT2D eigenvalue weighted by atomic mass is 35.5. The van der Waals surface area contributed by atoms with Crippen LogP contribution in [0.5, 0.6) is 5.75 Å². The third-order valence-electron chi connectivity index (χ3n) is 2.45. The molecule has 0 radical (unpaired) electrons. The van der Waals surface area contributed by atoms with Crippen molar-refractivity contribution in [1.82, 2.24) is 5.32 Å². The van der Waals surface area contributed by atoms with E-state index in [0.717, 1.165) is 25.3 Å². The Hall–Kier alpha value is -0.730. The highest BCUT2D eigenvalue weighted by Gasteiger charge is 2.18. The van der Waals surface area contributed by atoms with E-state index in [4.69, 9.17) is 4.74 Å². The molecular formula is C11H16ClNO. The van der Waals surface area contributed by atoms with E-state index in [1.54, 1.807) is 0 Å². The number of ether oxygens (including phenoxy) is 1. The SMILES string of the molecule is CNCC1COc2ccccc2C1.Cl. The molecule has 1 atom stereocenters. The highest BCUT2D eigenvalue weighted by Crippen LogP contribution is 2.26. The summed E-state index contributed by atoms with van der Waals surface area (Å²) in [5.74, 6) is 1.69. The molecule has 1 aliphatic heterocycles. The Morgan fingerprint density at radius 2 is 2.21 bits per heavy atom. The molecule has 1 heterocycles. The minimum atomic E-state index is 0. The molecule has 78 valence electrons. The van der Waals surface area contributed by atoms with E-state index in [1.165, 1.54) is 5.56 Å². The number of para-hydroxylation sites is 1. The van der Waals surface area contributed by atoms with Gasteiger partial charge in [0, 0.05) is 12.5 Å². The summed E-state index contributed by atoms with van der Waals surface area (Å²) in [6.07, 6.45) is 1.14. The van der Waals surface area contributed by atoms with Crippen LogP contribution in [0.3, 0.4) is 0 Å². The third-order valence-corrected chi connectivity index (χ3v) is 2.45. The Labute approximate surface area is 91.1 Å². The van der Waals surface area contributed by atoms with Gasteiger partial charge < -0.3 is 10.1 Å². The third kappa shape index (κ3) is 2.40. The van der Waals surface area contributed by atoms with Gasteiger partial charge in [-0.1, -0.05) is 18.2 Å². The van der Waals surface area contributed by atoms with Gasteiger partial charge in [-0.2, -0.15) is 0 Å². The summed E-state index contributed by atoms with van der Waals surface area (Å²) in [5, 5.41) is 3.19. The summed E-state index contributed by atoms with van der Waals surface area (Å²) in [5.41, 5.74) is 1.34.